The van der Waals surface area contributed by atoms with Crippen LogP contribution in [0.1, 0.15) is 0 Å². The number of nitrogens with zero attached hydrogens (tertiary/aromatic N) is 6. The Labute approximate surface area is 258 Å². The second-order valence-corrected chi connectivity index (χ2v) is 12.0. The van der Waals surface area contributed by atoms with Gasteiger partial charge in [-0.3, -0.25) is 19.9 Å². The Balaban J connectivity index is 1.04. The molecule has 0 radical (unpaired) electrons. The van der Waals surface area contributed by atoms with Crippen LogP contribution in [-0.2, 0) is 0 Å². The smallest absolute Gasteiger partial charge is 0.148 e. The van der Waals surface area contributed by atoms with Gasteiger partial charge in [-0.25, -0.2) is 9.97 Å². The molecule has 9 heteroatoms. The number of aromatic nitrogens is 8. The van der Waals surface area contributed by atoms with Gasteiger partial charge >= 0.3 is 0 Å². The number of benzene rings is 3. The molecule has 0 spiro atoms. The summed E-state index contributed by atoms with van der Waals surface area (Å²) in [5, 5.41) is 4.01. The van der Waals surface area contributed by atoms with Crippen molar-refractivity contribution in [2.24, 2.45) is 0 Å². The number of hydrogen-bond donors (Lipinski definition) is 2. The van der Waals surface area contributed by atoms with Crippen molar-refractivity contribution in [3.63, 3.8) is 0 Å². The van der Waals surface area contributed by atoms with E-state index < -0.39 is 0 Å². The quantitative estimate of drug-likeness (QED) is 0.198. The van der Waals surface area contributed by atoms with E-state index in [9.17, 15) is 0 Å². The number of rotatable bonds is 3. The Bertz CT molecular complexity index is 2630. The van der Waals surface area contributed by atoms with Gasteiger partial charge in [-0.2, -0.15) is 0 Å². The molecule has 10 rings (SSSR count). The Morgan fingerprint density at radius 1 is 0.400 bits per heavy atom. The molecule has 0 fully saturated rings. The van der Waals surface area contributed by atoms with Crippen molar-refractivity contribution in [1.82, 2.24) is 39.9 Å². The van der Waals surface area contributed by atoms with Crippen LogP contribution in [-0.4, -0.2) is 39.9 Å². The summed E-state index contributed by atoms with van der Waals surface area (Å²) in [6, 6.07) is 28.9. The average Bonchev–Trinajstić information content (AvgIpc) is 3.88. The molecule has 0 saturated carbocycles. The summed E-state index contributed by atoms with van der Waals surface area (Å²) < 4.78 is 0. The normalized spacial score (nSPS) is 12.0. The minimum Gasteiger partial charge on any atom is -0.337 e. The summed E-state index contributed by atoms with van der Waals surface area (Å²) in [5.41, 5.74) is 9.39. The van der Waals surface area contributed by atoms with Crippen LogP contribution < -0.4 is 0 Å². The number of nitrogens with one attached hydrogen (secondary N) is 2. The SMILES string of the molecule is c1cnc2c(c1)c1nc(-c3ccc(-c4ccc(-c5nc6c7cccnc7c7ncccc7c6[nH]5)s4)cc3)[nH]c1c1cccnc12. The first-order valence-corrected chi connectivity index (χ1v) is 15.3. The lowest BCUT2D eigenvalue weighted by molar-refractivity contribution is 1.34. The molecule has 7 heterocycles. The maximum atomic E-state index is 5.05. The molecule has 3 aromatic carbocycles. The molecule has 8 nitrogen and oxygen atoms in total. The van der Waals surface area contributed by atoms with Crippen LogP contribution in [0.2, 0.25) is 0 Å². The largest absolute Gasteiger partial charge is 0.337 e. The second kappa shape index (κ2) is 9.22. The molecular formula is C36H20N8S. The molecule has 0 bridgehead atoms. The third-order valence-electron chi connectivity index (χ3n) is 8.42. The first kappa shape index (κ1) is 24.4. The minimum atomic E-state index is 0.815. The summed E-state index contributed by atoms with van der Waals surface area (Å²) in [5.74, 6) is 1.65. The van der Waals surface area contributed by atoms with E-state index >= 15 is 0 Å². The van der Waals surface area contributed by atoms with Crippen LogP contribution in [0.4, 0.5) is 0 Å². The molecule has 45 heavy (non-hydrogen) atoms. The van der Waals surface area contributed by atoms with Crippen molar-refractivity contribution in [3.8, 4) is 32.5 Å². The number of H-pyrrole nitrogens is 2. The van der Waals surface area contributed by atoms with Gasteiger partial charge in [-0.15, -0.1) is 11.3 Å². The van der Waals surface area contributed by atoms with E-state index in [1.54, 1.807) is 29.9 Å². The third kappa shape index (κ3) is 3.58. The lowest BCUT2D eigenvalue weighted by Crippen LogP contribution is -1.86. The van der Waals surface area contributed by atoms with E-state index in [2.05, 4.69) is 90.6 Å². The van der Waals surface area contributed by atoms with E-state index in [4.69, 9.17) is 9.97 Å². The zero-order valence-electron chi connectivity index (χ0n) is 23.5. The highest BCUT2D eigenvalue weighted by atomic mass is 32.1. The highest BCUT2D eigenvalue weighted by molar-refractivity contribution is 7.18. The molecule has 0 amide bonds. The summed E-state index contributed by atoms with van der Waals surface area (Å²) in [6.07, 6.45) is 7.22. The summed E-state index contributed by atoms with van der Waals surface area (Å²) in [6.45, 7) is 0. The van der Waals surface area contributed by atoms with Crippen molar-refractivity contribution in [2.45, 2.75) is 0 Å². The zero-order valence-corrected chi connectivity index (χ0v) is 24.3. The monoisotopic (exact) mass is 596 g/mol. The van der Waals surface area contributed by atoms with Crippen molar-refractivity contribution in [2.75, 3.05) is 0 Å². The predicted molar refractivity (Wildman–Crippen MR) is 181 cm³/mol. The molecule has 210 valence electrons. The molecule has 2 N–H and O–H groups in total. The lowest BCUT2D eigenvalue weighted by atomic mass is 10.1. The topological polar surface area (TPSA) is 109 Å². The minimum absolute atomic E-state index is 0.815. The molecule has 0 aliphatic rings. The number of hydrogen-bond acceptors (Lipinski definition) is 7. The van der Waals surface area contributed by atoms with Gasteiger partial charge in [-0.05, 0) is 66.2 Å². The fourth-order valence-corrected chi connectivity index (χ4v) is 7.31. The van der Waals surface area contributed by atoms with Gasteiger partial charge < -0.3 is 9.97 Å². The third-order valence-corrected chi connectivity index (χ3v) is 9.56. The summed E-state index contributed by atoms with van der Waals surface area (Å²) >= 11 is 1.71. The van der Waals surface area contributed by atoms with E-state index in [0.29, 0.717) is 0 Å². The molecule has 0 saturated heterocycles. The van der Waals surface area contributed by atoms with E-state index in [1.165, 1.54) is 0 Å². The van der Waals surface area contributed by atoms with Crippen LogP contribution in [0.5, 0.6) is 0 Å². The number of pyridine rings is 4. The maximum Gasteiger partial charge on any atom is 0.148 e. The van der Waals surface area contributed by atoms with Crippen molar-refractivity contribution >= 4 is 77.0 Å². The Hall–Kier alpha value is -6.06. The van der Waals surface area contributed by atoms with Crippen molar-refractivity contribution in [1.29, 1.82) is 0 Å². The number of imidazole rings is 2. The zero-order chi connectivity index (χ0) is 29.5. The second-order valence-electron chi connectivity index (χ2n) is 11.0. The molecule has 0 aliphatic carbocycles. The summed E-state index contributed by atoms with van der Waals surface area (Å²) in [4.78, 5) is 38.0. The highest BCUT2D eigenvalue weighted by Crippen LogP contribution is 2.38. The average molecular weight is 597 g/mol. The first-order chi connectivity index (χ1) is 22.3. The van der Waals surface area contributed by atoms with E-state index in [1.807, 2.05) is 30.5 Å². The highest BCUT2D eigenvalue weighted by Gasteiger charge is 2.18. The molecule has 7 aromatic heterocycles. The Kier molecular flexibility index (Phi) is 5.00. The van der Waals surface area contributed by atoms with Gasteiger partial charge in [0, 0.05) is 56.8 Å². The van der Waals surface area contributed by atoms with Crippen LogP contribution in [0.25, 0.3) is 98.2 Å². The Morgan fingerprint density at radius 2 is 0.844 bits per heavy atom. The van der Waals surface area contributed by atoms with Crippen LogP contribution in [0, 0.1) is 0 Å². The van der Waals surface area contributed by atoms with E-state index in [-0.39, 0.29) is 0 Å². The van der Waals surface area contributed by atoms with Gasteiger partial charge in [0.05, 0.1) is 49.0 Å². The van der Waals surface area contributed by atoms with E-state index in [0.717, 1.165) is 98.2 Å². The van der Waals surface area contributed by atoms with Gasteiger partial charge in [0.15, 0.2) is 0 Å². The molecule has 0 unspecified atom stereocenters. The maximum absolute atomic E-state index is 5.05. The van der Waals surface area contributed by atoms with Crippen LogP contribution in [0.15, 0.2) is 110 Å². The van der Waals surface area contributed by atoms with Crippen LogP contribution in [0.3, 0.4) is 0 Å². The molecule has 0 atom stereocenters. The fourth-order valence-electron chi connectivity index (χ4n) is 6.35. The summed E-state index contributed by atoms with van der Waals surface area (Å²) in [7, 11) is 0. The number of fused-ring (bicyclic) bond motifs is 12. The van der Waals surface area contributed by atoms with Crippen molar-refractivity contribution < 1.29 is 0 Å². The van der Waals surface area contributed by atoms with Gasteiger partial charge in [0.2, 0.25) is 0 Å². The molecular weight excluding hydrogens is 577 g/mol. The van der Waals surface area contributed by atoms with Gasteiger partial charge in [0.1, 0.15) is 11.6 Å². The standard InChI is InChI=1S/C36H20N8S/c1-5-21-27(37-15-1)28-22(6-2-16-38-28)32-31(21)41-35(42-32)20-11-9-19(10-12-20)25-13-14-26(45-25)36-43-33-23-7-3-17-39-29(23)30-24(34(33)44-36)8-4-18-40-30/h1-18H,(H,41,42)(H,43,44). The van der Waals surface area contributed by atoms with Gasteiger partial charge in [-0.1, -0.05) is 24.3 Å². The molecule has 0 aliphatic heterocycles. The van der Waals surface area contributed by atoms with Crippen LogP contribution >= 0.6 is 11.3 Å². The predicted octanol–water partition coefficient (Wildman–Crippen LogP) is 8.69. The first-order valence-electron chi connectivity index (χ1n) is 14.5. The number of aromatic amines is 2. The fraction of sp³-hybridized carbons (Fsp3) is 0. The molecule has 10 aromatic rings. The van der Waals surface area contributed by atoms with Crippen molar-refractivity contribution in [3.05, 3.63) is 110 Å². The Morgan fingerprint density at radius 3 is 1.42 bits per heavy atom. The number of thiophene rings is 1. The lowest BCUT2D eigenvalue weighted by Gasteiger charge is -2.03. The van der Waals surface area contributed by atoms with Gasteiger partial charge in [0.25, 0.3) is 0 Å².